The Labute approximate surface area is 80.9 Å². The molecule has 0 aliphatic rings. The molecule has 14 heavy (non-hydrogen) atoms. The van der Waals surface area contributed by atoms with Gasteiger partial charge in [-0.3, -0.25) is 0 Å². The second-order valence-corrected chi connectivity index (χ2v) is 2.41. The summed E-state index contributed by atoms with van der Waals surface area (Å²) in [5.74, 6) is 0.176. The molecule has 1 unspecified atom stereocenters. The number of benzene rings is 1. The van der Waals surface area contributed by atoms with Gasteiger partial charge in [-0.1, -0.05) is 6.07 Å². The van der Waals surface area contributed by atoms with Crippen LogP contribution in [0, 0.1) is 0 Å². The van der Waals surface area contributed by atoms with E-state index in [4.69, 9.17) is 20.4 Å². The van der Waals surface area contributed by atoms with Crippen molar-refractivity contribution in [2.24, 2.45) is 0 Å². The Hall–Kier alpha value is -1.59. The number of hydrogen-bond donors (Lipinski definition) is 4. The van der Waals surface area contributed by atoms with Crippen molar-refractivity contribution in [3.63, 3.8) is 0 Å². The first-order valence-electron chi connectivity index (χ1n) is 3.82. The highest BCUT2D eigenvalue weighted by atomic mass is 16.3. The number of rotatable bonds is 2. The summed E-state index contributed by atoms with van der Waals surface area (Å²) < 4.78 is 0. The van der Waals surface area contributed by atoms with E-state index >= 15 is 0 Å². The Balaban J connectivity index is 0.000000255. The maximum atomic E-state index is 9.33. The Morgan fingerprint density at radius 3 is 1.93 bits per heavy atom. The molecule has 0 fully saturated rings. The molecular formula is C9H12O5. The number of phenolic OH excluding ortho intramolecular Hbond substituents is 2. The topological polar surface area (TPSA) is 98.0 Å². The third kappa shape index (κ3) is 5.99. The van der Waals surface area contributed by atoms with Gasteiger partial charge in [-0.05, 0) is 12.1 Å². The quantitative estimate of drug-likeness (QED) is 0.488. The van der Waals surface area contributed by atoms with Crippen LogP contribution in [0.2, 0.25) is 0 Å². The Morgan fingerprint density at radius 2 is 1.79 bits per heavy atom. The van der Waals surface area contributed by atoms with E-state index in [0.717, 1.165) is 0 Å². The van der Waals surface area contributed by atoms with Crippen LogP contribution in [0.1, 0.15) is 0 Å². The molecule has 0 saturated carbocycles. The number of carbonyl (C=O) groups excluding carboxylic acids is 1. The van der Waals surface area contributed by atoms with E-state index < -0.39 is 12.7 Å². The minimum atomic E-state index is -1.19. The van der Waals surface area contributed by atoms with E-state index in [1.54, 1.807) is 6.07 Å². The van der Waals surface area contributed by atoms with Gasteiger partial charge in [0.1, 0.15) is 17.6 Å². The highest BCUT2D eigenvalue weighted by Crippen LogP contribution is 2.14. The van der Waals surface area contributed by atoms with E-state index in [0.29, 0.717) is 0 Å². The predicted octanol–water partition coefficient (Wildman–Crippen LogP) is -0.364. The molecule has 0 saturated heterocycles. The first kappa shape index (κ1) is 12.4. The van der Waals surface area contributed by atoms with E-state index in [-0.39, 0.29) is 17.8 Å². The third-order valence-corrected chi connectivity index (χ3v) is 1.17. The molecule has 1 aromatic rings. The second-order valence-electron chi connectivity index (χ2n) is 2.41. The van der Waals surface area contributed by atoms with Gasteiger partial charge < -0.3 is 25.2 Å². The van der Waals surface area contributed by atoms with Crippen LogP contribution in [0.5, 0.6) is 11.5 Å². The van der Waals surface area contributed by atoms with Gasteiger partial charge in [0.25, 0.3) is 0 Å². The summed E-state index contributed by atoms with van der Waals surface area (Å²) in [6.07, 6.45) is -0.912. The molecule has 5 heteroatoms. The molecule has 0 bridgehead atoms. The molecule has 0 spiro atoms. The highest BCUT2D eigenvalue weighted by Gasteiger charge is 1.92. The van der Waals surface area contributed by atoms with Crippen LogP contribution in [-0.4, -0.2) is 39.4 Å². The first-order valence-corrected chi connectivity index (χ1v) is 3.82. The average Bonchev–Trinajstić information content (AvgIpc) is 2.17. The van der Waals surface area contributed by atoms with Crippen LogP contribution in [0.3, 0.4) is 0 Å². The van der Waals surface area contributed by atoms with Crippen molar-refractivity contribution in [2.75, 3.05) is 6.61 Å². The monoisotopic (exact) mass is 200 g/mol. The number of aromatic hydroxyl groups is 2. The minimum absolute atomic E-state index is 0.0880. The van der Waals surface area contributed by atoms with Gasteiger partial charge in [0, 0.05) is 6.07 Å². The largest absolute Gasteiger partial charge is 0.508 e. The van der Waals surface area contributed by atoms with Crippen molar-refractivity contribution >= 4 is 6.29 Å². The molecule has 1 rings (SSSR count). The van der Waals surface area contributed by atoms with Gasteiger partial charge in [0.05, 0.1) is 6.61 Å². The van der Waals surface area contributed by atoms with Crippen LogP contribution in [0.25, 0.3) is 0 Å². The zero-order chi connectivity index (χ0) is 11.0. The van der Waals surface area contributed by atoms with E-state index in [9.17, 15) is 4.79 Å². The number of aldehydes is 1. The summed E-state index contributed by atoms with van der Waals surface area (Å²) in [6, 6.07) is 5.85. The van der Waals surface area contributed by atoms with E-state index in [1.165, 1.54) is 18.2 Å². The van der Waals surface area contributed by atoms with Gasteiger partial charge in [-0.2, -0.15) is 0 Å². The molecule has 0 aliphatic heterocycles. The van der Waals surface area contributed by atoms with Crippen LogP contribution < -0.4 is 0 Å². The van der Waals surface area contributed by atoms with Crippen molar-refractivity contribution < 1.29 is 25.2 Å². The van der Waals surface area contributed by atoms with E-state index in [2.05, 4.69) is 0 Å². The summed E-state index contributed by atoms with van der Waals surface area (Å²) in [7, 11) is 0. The normalized spacial score (nSPS) is 11.0. The van der Waals surface area contributed by atoms with Crippen molar-refractivity contribution in [1.82, 2.24) is 0 Å². The lowest BCUT2D eigenvalue weighted by atomic mass is 10.3. The van der Waals surface area contributed by atoms with Crippen LogP contribution in [0.15, 0.2) is 24.3 Å². The van der Waals surface area contributed by atoms with E-state index in [1.807, 2.05) is 0 Å². The molecule has 1 aromatic carbocycles. The maximum Gasteiger partial charge on any atom is 0.150 e. The maximum absolute atomic E-state index is 9.33. The summed E-state index contributed by atoms with van der Waals surface area (Å²) in [6.45, 7) is -0.483. The molecule has 78 valence electrons. The van der Waals surface area contributed by atoms with Gasteiger partial charge in [0.2, 0.25) is 0 Å². The number of aliphatic hydroxyl groups is 2. The number of carbonyl (C=O) groups is 1. The lowest BCUT2D eigenvalue weighted by Crippen LogP contribution is -2.12. The standard InChI is InChI=1S/C6H6O2.C3H6O3/c7-5-2-1-3-6(8)4-5;4-1-3(6)2-5/h1-4,7-8H;1,3,5-6H,2H2. The van der Waals surface area contributed by atoms with Crippen LogP contribution in [0.4, 0.5) is 0 Å². The van der Waals surface area contributed by atoms with Crippen molar-refractivity contribution in [2.45, 2.75) is 6.10 Å². The molecule has 0 amide bonds. The molecular weight excluding hydrogens is 188 g/mol. The molecule has 1 atom stereocenters. The Kier molecular flexibility index (Phi) is 6.09. The Morgan fingerprint density at radius 1 is 1.29 bits per heavy atom. The highest BCUT2D eigenvalue weighted by molar-refractivity contribution is 5.55. The minimum Gasteiger partial charge on any atom is -0.508 e. The predicted molar refractivity (Wildman–Crippen MR) is 48.9 cm³/mol. The molecule has 0 aromatic heterocycles. The molecule has 0 aliphatic carbocycles. The van der Waals surface area contributed by atoms with Crippen LogP contribution >= 0.6 is 0 Å². The SMILES string of the molecule is O=CC(O)CO.Oc1cccc(O)c1. The fraction of sp³-hybridized carbons (Fsp3) is 0.222. The van der Waals surface area contributed by atoms with Gasteiger partial charge >= 0.3 is 0 Å². The lowest BCUT2D eigenvalue weighted by molar-refractivity contribution is -0.116. The zero-order valence-electron chi connectivity index (χ0n) is 7.37. The fourth-order valence-electron chi connectivity index (χ4n) is 0.536. The molecule has 0 radical (unpaired) electrons. The summed E-state index contributed by atoms with van der Waals surface area (Å²) >= 11 is 0. The molecule has 0 heterocycles. The van der Waals surface area contributed by atoms with Gasteiger partial charge in [-0.15, -0.1) is 0 Å². The number of hydrogen-bond acceptors (Lipinski definition) is 5. The molecule has 5 nitrogen and oxygen atoms in total. The first-order chi connectivity index (χ1) is 6.60. The smallest absolute Gasteiger partial charge is 0.150 e. The van der Waals surface area contributed by atoms with Crippen molar-refractivity contribution in [3.05, 3.63) is 24.3 Å². The van der Waals surface area contributed by atoms with Crippen LogP contribution in [-0.2, 0) is 4.79 Å². The lowest BCUT2D eigenvalue weighted by Gasteiger charge is -1.89. The van der Waals surface area contributed by atoms with Gasteiger partial charge in [-0.25, -0.2) is 0 Å². The molecule has 4 N–H and O–H groups in total. The summed E-state index contributed by atoms with van der Waals surface area (Å²) in [5.41, 5.74) is 0. The summed E-state index contributed by atoms with van der Waals surface area (Å²) in [5, 5.41) is 33.2. The number of phenols is 2. The third-order valence-electron chi connectivity index (χ3n) is 1.17. The fourth-order valence-corrected chi connectivity index (χ4v) is 0.536. The second kappa shape index (κ2) is 6.88. The number of aliphatic hydroxyl groups excluding tert-OH is 2. The Bertz CT molecular complexity index is 256. The van der Waals surface area contributed by atoms with Crippen molar-refractivity contribution in [1.29, 1.82) is 0 Å². The average molecular weight is 200 g/mol. The van der Waals surface area contributed by atoms with Gasteiger partial charge in [0.15, 0.2) is 6.29 Å². The zero-order valence-corrected chi connectivity index (χ0v) is 7.37. The summed E-state index contributed by atoms with van der Waals surface area (Å²) in [4.78, 5) is 9.33. The van der Waals surface area contributed by atoms with Crippen molar-refractivity contribution in [3.8, 4) is 11.5 Å².